The van der Waals surface area contributed by atoms with Crippen molar-refractivity contribution >= 4 is 54.9 Å². The lowest BCUT2D eigenvalue weighted by molar-refractivity contribution is 0.586. The van der Waals surface area contributed by atoms with Gasteiger partial charge in [-0.25, -0.2) is 0 Å². The topological polar surface area (TPSA) is 92.0 Å². The fraction of sp³-hybridized carbons (Fsp3) is 0. The predicted octanol–water partition coefficient (Wildman–Crippen LogP) is 4.02. The molecule has 0 aliphatic heterocycles. The second-order valence-electron chi connectivity index (χ2n) is 6.26. The second kappa shape index (κ2) is 4.43. The van der Waals surface area contributed by atoms with E-state index >= 15 is 0 Å². The van der Waals surface area contributed by atoms with Crippen molar-refractivity contribution < 1.29 is 8.83 Å². The van der Waals surface area contributed by atoms with Gasteiger partial charge in [0.05, 0.1) is 16.3 Å². The number of nitrogens with one attached hydrogen (secondary N) is 2. The number of para-hydroxylation sites is 3. The van der Waals surface area contributed by atoms with E-state index in [0.717, 1.165) is 10.9 Å². The molecule has 6 rings (SSSR count). The molecule has 0 aliphatic rings. The van der Waals surface area contributed by atoms with Gasteiger partial charge in [-0.2, -0.15) is 0 Å². The fourth-order valence-electron chi connectivity index (χ4n) is 3.74. The molecular formula is C20H10N2O4. The van der Waals surface area contributed by atoms with Gasteiger partial charge in [0.2, 0.25) is 0 Å². The van der Waals surface area contributed by atoms with Crippen molar-refractivity contribution in [1.82, 2.24) is 9.97 Å². The van der Waals surface area contributed by atoms with Gasteiger partial charge in [0.1, 0.15) is 0 Å². The summed E-state index contributed by atoms with van der Waals surface area (Å²) in [6.07, 6.45) is 0. The van der Waals surface area contributed by atoms with E-state index in [1.165, 1.54) is 0 Å². The predicted molar refractivity (Wildman–Crippen MR) is 99.7 cm³/mol. The Labute approximate surface area is 143 Å². The van der Waals surface area contributed by atoms with Crippen molar-refractivity contribution in [3.05, 3.63) is 69.2 Å². The zero-order valence-electron chi connectivity index (χ0n) is 13.3. The van der Waals surface area contributed by atoms with Gasteiger partial charge in [-0.3, -0.25) is 14.6 Å². The van der Waals surface area contributed by atoms with Crippen molar-refractivity contribution in [1.29, 1.82) is 0 Å². The molecule has 0 spiro atoms. The Bertz CT molecular complexity index is 1630. The van der Waals surface area contributed by atoms with Crippen LogP contribution in [0.2, 0.25) is 0 Å². The zero-order valence-corrected chi connectivity index (χ0v) is 13.3. The summed E-state index contributed by atoms with van der Waals surface area (Å²) in [6, 6.07) is 14.8. The quantitative estimate of drug-likeness (QED) is 0.408. The number of hydrogen-bond acceptors (Lipinski definition) is 4. The third-order valence-electron chi connectivity index (χ3n) is 4.82. The lowest BCUT2D eigenvalue weighted by Gasteiger charge is -2.04. The summed E-state index contributed by atoms with van der Waals surface area (Å²) in [4.78, 5) is 30.7. The van der Waals surface area contributed by atoms with Gasteiger partial charge in [-0.1, -0.05) is 30.3 Å². The highest BCUT2D eigenvalue weighted by molar-refractivity contribution is 6.29. The third-order valence-corrected chi connectivity index (χ3v) is 4.82. The molecule has 0 radical (unpaired) electrons. The maximum atomic E-state index is 12.5. The van der Waals surface area contributed by atoms with Gasteiger partial charge in [0, 0.05) is 16.3 Å². The van der Waals surface area contributed by atoms with Crippen LogP contribution < -0.4 is 11.1 Å². The van der Waals surface area contributed by atoms with Crippen molar-refractivity contribution in [2.24, 2.45) is 0 Å². The standard InChI is InChI=1S/C20H10N2O4/c23-19-14-13-9-5-1-2-6-10(9)21-16(13)18-17(15(14)20(24)22-19)25-11-7-3-4-8-12(11)26-18/h1-8,21H,(H,22,23,24). The molecule has 2 N–H and O–H groups in total. The van der Waals surface area contributed by atoms with Crippen molar-refractivity contribution in [3.63, 3.8) is 0 Å². The number of rotatable bonds is 0. The summed E-state index contributed by atoms with van der Waals surface area (Å²) in [5.41, 5.74) is 2.34. The van der Waals surface area contributed by atoms with Crippen molar-refractivity contribution in [2.45, 2.75) is 0 Å². The number of benzene rings is 3. The van der Waals surface area contributed by atoms with Crippen LogP contribution in [0.3, 0.4) is 0 Å². The van der Waals surface area contributed by atoms with E-state index < -0.39 is 11.1 Å². The largest absolute Gasteiger partial charge is 0.449 e. The third kappa shape index (κ3) is 1.51. The summed E-state index contributed by atoms with van der Waals surface area (Å²) < 4.78 is 12.1. The first-order valence-electron chi connectivity index (χ1n) is 8.13. The van der Waals surface area contributed by atoms with Gasteiger partial charge in [0.25, 0.3) is 11.1 Å². The van der Waals surface area contributed by atoms with Crippen LogP contribution in [0.15, 0.2) is 67.0 Å². The number of hydrogen-bond donors (Lipinski definition) is 2. The molecule has 3 aromatic heterocycles. The Balaban J connectivity index is 2.08. The molecule has 6 heteroatoms. The molecule has 3 heterocycles. The van der Waals surface area contributed by atoms with Crippen molar-refractivity contribution in [2.75, 3.05) is 0 Å². The fourth-order valence-corrected chi connectivity index (χ4v) is 3.74. The maximum Gasteiger partial charge on any atom is 0.262 e. The normalized spacial score (nSPS) is 12.2. The highest BCUT2D eigenvalue weighted by Gasteiger charge is 2.22. The number of fused-ring (bicyclic) bond motifs is 9. The first-order valence-corrected chi connectivity index (χ1v) is 8.13. The molecule has 0 fully saturated rings. The number of H-pyrrole nitrogens is 2. The van der Waals surface area contributed by atoms with Crippen LogP contribution in [0.5, 0.6) is 0 Å². The van der Waals surface area contributed by atoms with Gasteiger partial charge in [-0.05, 0) is 18.2 Å². The molecular weight excluding hydrogens is 332 g/mol. The van der Waals surface area contributed by atoms with Crippen LogP contribution in [0.1, 0.15) is 0 Å². The van der Waals surface area contributed by atoms with E-state index in [2.05, 4.69) is 9.97 Å². The van der Waals surface area contributed by atoms with E-state index in [1.54, 1.807) is 12.1 Å². The Morgan fingerprint density at radius 1 is 0.654 bits per heavy atom. The molecule has 0 saturated heterocycles. The van der Waals surface area contributed by atoms with E-state index in [4.69, 9.17) is 8.83 Å². The average Bonchev–Trinajstić information content (AvgIpc) is 3.18. The lowest BCUT2D eigenvalue weighted by Crippen LogP contribution is -2.05. The van der Waals surface area contributed by atoms with Gasteiger partial charge < -0.3 is 13.8 Å². The minimum Gasteiger partial charge on any atom is -0.449 e. The van der Waals surface area contributed by atoms with Crippen LogP contribution >= 0.6 is 0 Å². The average molecular weight is 342 g/mol. The molecule has 0 saturated carbocycles. The zero-order chi connectivity index (χ0) is 17.4. The molecule has 0 unspecified atom stereocenters. The van der Waals surface area contributed by atoms with Crippen LogP contribution in [-0.4, -0.2) is 9.97 Å². The number of aromatic amines is 2. The molecule has 124 valence electrons. The van der Waals surface area contributed by atoms with Gasteiger partial charge in [0.15, 0.2) is 22.3 Å². The molecule has 26 heavy (non-hydrogen) atoms. The van der Waals surface area contributed by atoms with Crippen LogP contribution in [0.4, 0.5) is 0 Å². The Morgan fingerprint density at radius 2 is 1.31 bits per heavy atom. The second-order valence-corrected chi connectivity index (χ2v) is 6.26. The summed E-state index contributed by atoms with van der Waals surface area (Å²) in [6.45, 7) is 0. The highest BCUT2D eigenvalue weighted by atomic mass is 16.4. The Kier molecular flexibility index (Phi) is 2.30. The minimum atomic E-state index is -0.476. The monoisotopic (exact) mass is 342 g/mol. The first-order chi connectivity index (χ1) is 12.7. The van der Waals surface area contributed by atoms with Gasteiger partial charge in [-0.15, -0.1) is 0 Å². The Morgan fingerprint density at radius 3 is 2.12 bits per heavy atom. The highest BCUT2D eigenvalue weighted by Crippen LogP contribution is 2.38. The van der Waals surface area contributed by atoms with Crippen LogP contribution in [0, 0.1) is 0 Å². The molecule has 6 aromatic rings. The van der Waals surface area contributed by atoms with Crippen LogP contribution in [0.25, 0.3) is 54.9 Å². The molecule has 6 nitrogen and oxygen atoms in total. The maximum absolute atomic E-state index is 12.5. The summed E-state index contributed by atoms with van der Waals surface area (Å²) >= 11 is 0. The minimum absolute atomic E-state index is 0.219. The molecule has 0 amide bonds. The summed E-state index contributed by atoms with van der Waals surface area (Å²) in [7, 11) is 0. The first kappa shape index (κ1) is 13.5. The summed E-state index contributed by atoms with van der Waals surface area (Å²) in [5, 5.41) is 2.07. The van der Waals surface area contributed by atoms with E-state index in [1.807, 2.05) is 36.4 Å². The molecule has 0 aliphatic carbocycles. The molecule has 0 atom stereocenters. The molecule has 0 bridgehead atoms. The lowest BCUT2D eigenvalue weighted by atomic mass is 10.1. The van der Waals surface area contributed by atoms with E-state index in [-0.39, 0.29) is 11.0 Å². The van der Waals surface area contributed by atoms with Crippen LogP contribution in [-0.2, 0) is 0 Å². The van der Waals surface area contributed by atoms with E-state index in [9.17, 15) is 9.59 Å². The Hall–Kier alpha value is -3.80. The van der Waals surface area contributed by atoms with Crippen molar-refractivity contribution in [3.8, 4) is 0 Å². The summed E-state index contributed by atoms with van der Waals surface area (Å²) in [5.74, 6) is 0. The molecule has 3 aromatic carbocycles. The van der Waals surface area contributed by atoms with E-state index in [0.29, 0.717) is 33.0 Å². The smallest absolute Gasteiger partial charge is 0.262 e. The van der Waals surface area contributed by atoms with Gasteiger partial charge >= 0.3 is 0 Å². The number of aromatic nitrogens is 2. The SMILES string of the molecule is O=c1[nH]c(=O)c2c1c1oc3ccccc3oc1c1[nH]c3ccccc3c12.